The second-order valence-corrected chi connectivity index (χ2v) is 25.7. The first-order valence-electron chi connectivity index (χ1n) is 32.0. The molecule has 0 aliphatic rings. The zero-order chi connectivity index (χ0) is 59.4. The van der Waals surface area contributed by atoms with Crippen LogP contribution in [-0.4, -0.2) is 96.7 Å². The van der Waals surface area contributed by atoms with E-state index in [2.05, 4.69) is 41.5 Å². The minimum atomic E-state index is -4.94. The molecular formula is C61H118O17P2. The fourth-order valence-electron chi connectivity index (χ4n) is 8.97. The van der Waals surface area contributed by atoms with Gasteiger partial charge in [0.1, 0.15) is 19.3 Å². The van der Waals surface area contributed by atoms with Crippen molar-refractivity contribution < 1.29 is 80.2 Å². The van der Waals surface area contributed by atoms with Crippen LogP contribution in [-0.2, 0) is 65.4 Å². The zero-order valence-corrected chi connectivity index (χ0v) is 53.2. The van der Waals surface area contributed by atoms with E-state index in [1.54, 1.807) is 0 Å². The highest BCUT2D eigenvalue weighted by atomic mass is 31.2. The summed E-state index contributed by atoms with van der Waals surface area (Å²) in [4.78, 5) is 72.0. The van der Waals surface area contributed by atoms with Crippen molar-refractivity contribution in [1.29, 1.82) is 0 Å². The Balaban J connectivity index is 5.23. The van der Waals surface area contributed by atoms with Crippen LogP contribution in [0.4, 0.5) is 0 Å². The lowest BCUT2D eigenvalue weighted by molar-refractivity contribution is -0.161. The van der Waals surface area contributed by atoms with Crippen LogP contribution >= 0.6 is 15.6 Å². The van der Waals surface area contributed by atoms with E-state index < -0.39 is 97.5 Å². The number of aliphatic hydroxyl groups excluding tert-OH is 1. The Morgan fingerprint density at radius 2 is 0.637 bits per heavy atom. The first-order valence-corrected chi connectivity index (χ1v) is 35.0. The summed E-state index contributed by atoms with van der Waals surface area (Å²) in [5, 5.41) is 10.5. The van der Waals surface area contributed by atoms with Gasteiger partial charge in [-0.3, -0.25) is 37.3 Å². The molecule has 0 aliphatic carbocycles. The number of phosphoric ester groups is 2. The summed E-state index contributed by atoms with van der Waals surface area (Å²) >= 11 is 0. The smallest absolute Gasteiger partial charge is 0.462 e. The summed E-state index contributed by atoms with van der Waals surface area (Å²) in [6.45, 7) is 9.39. The molecule has 0 aromatic heterocycles. The molecule has 19 heteroatoms. The lowest BCUT2D eigenvalue weighted by atomic mass is 9.99. The minimum Gasteiger partial charge on any atom is -0.462 e. The van der Waals surface area contributed by atoms with E-state index >= 15 is 0 Å². The van der Waals surface area contributed by atoms with Crippen molar-refractivity contribution >= 4 is 39.5 Å². The van der Waals surface area contributed by atoms with Gasteiger partial charge in [0.15, 0.2) is 12.2 Å². The first kappa shape index (κ1) is 78.1. The van der Waals surface area contributed by atoms with E-state index in [0.29, 0.717) is 25.7 Å². The number of phosphoric acid groups is 2. The van der Waals surface area contributed by atoms with Gasteiger partial charge in [0.2, 0.25) is 0 Å². The van der Waals surface area contributed by atoms with E-state index in [0.717, 1.165) is 108 Å². The maximum atomic E-state index is 12.9. The summed E-state index contributed by atoms with van der Waals surface area (Å²) < 4.78 is 67.8. The molecule has 0 saturated carbocycles. The topological polar surface area (TPSA) is 237 Å². The van der Waals surface area contributed by atoms with E-state index in [1.807, 2.05) is 0 Å². The van der Waals surface area contributed by atoms with Gasteiger partial charge >= 0.3 is 39.5 Å². The molecule has 80 heavy (non-hydrogen) atoms. The third-order valence-corrected chi connectivity index (χ3v) is 16.2. The highest BCUT2D eigenvalue weighted by Gasteiger charge is 2.30. The van der Waals surface area contributed by atoms with Gasteiger partial charge in [0.05, 0.1) is 26.4 Å². The third kappa shape index (κ3) is 54.0. The largest absolute Gasteiger partial charge is 0.472 e. The second-order valence-electron chi connectivity index (χ2n) is 22.8. The molecule has 0 bridgehead atoms. The molecule has 0 rings (SSSR count). The van der Waals surface area contributed by atoms with Gasteiger partial charge < -0.3 is 33.8 Å². The molecule has 0 spiro atoms. The monoisotopic (exact) mass is 1180 g/mol. The molecule has 0 aliphatic heterocycles. The lowest BCUT2D eigenvalue weighted by Crippen LogP contribution is -2.30. The number of esters is 4. The number of aliphatic hydroxyl groups is 1. The van der Waals surface area contributed by atoms with Crippen LogP contribution < -0.4 is 0 Å². The Kier molecular flexibility index (Phi) is 52.5. The van der Waals surface area contributed by atoms with Crippen LogP contribution in [0.15, 0.2) is 0 Å². The molecule has 0 radical (unpaired) electrons. The third-order valence-electron chi connectivity index (χ3n) is 14.3. The number of unbranched alkanes of at least 4 members (excludes halogenated alkanes) is 29. The van der Waals surface area contributed by atoms with Crippen LogP contribution in [0.5, 0.6) is 0 Å². The molecule has 6 atom stereocenters. The predicted molar refractivity (Wildman–Crippen MR) is 317 cm³/mol. The van der Waals surface area contributed by atoms with Crippen molar-refractivity contribution in [2.45, 2.75) is 317 Å². The molecule has 0 heterocycles. The van der Waals surface area contributed by atoms with Gasteiger partial charge in [0.25, 0.3) is 0 Å². The summed E-state index contributed by atoms with van der Waals surface area (Å²) in [5.74, 6) is -0.647. The van der Waals surface area contributed by atoms with Gasteiger partial charge in [-0.1, -0.05) is 247 Å². The van der Waals surface area contributed by atoms with Crippen LogP contribution in [0.3, 0.4) is 0 Å². The Morgan fingerprint density at radius 3 is 0.950 bits per heavy atom. The van der Waals surface area contributed by atoms with Gasteiger partial charge in [-0.2, -0.15) is 0 Å². The van der Waals surface area contributed by atoms with Gasteiger partial charge in [-0.15, -0.1) is 0 Å². The zero-order valence-electron chi connectivity index (χ0n) is 51.4. The first-order chi connectivity index (χ1) is 38.4. The molecular weight excluding hydrogens is 1070 g/mol. The molecule has 0 amide bonds. The Morgan fingerprint density at radius 1 is 0.362 bits per heavy atom. The van der Waals surface area contributed by atoms with Crippen LogP contribution in [0, 0.1) is 11.8 Å². The SMILES string of the molecule is CCCCCCCCCCCC(=O)O[C@H](COC(=O)CCCCCCCCCC)COP(=O)(O)OC[C@H](O)COP(=O)(O)OC[C@@H](COC(=O)CCCCCCCCCCC(C)C)OC(=O)CCCCCCCCCCC(C)CC. The van der Waals surface area contributed by atoms with Crippen molar-refractivity contribution in [1.82, 2.24) is 0 Å². The average molecular weight is 1190 g/mol. The van der Waals surface area contributed by atoms with Gasteiger partial charge in [-0.25, -0.2) is 9.13 Å². The number of rotatable bonds is 60. The summed E-state index contributed by atoms with van der Waals surface area (Å²) in [5.41, 5.74) is 0. The lowest BCUT2D eigenvalue weighted by Gasteiger charge is -2.21. The molecule has 0 saturated heterocycles. The molecule has 474 valence electrons. The molecule has 0 aromatic carbocycles. The van der Waals surface area contributed by atoms with E-state index in [9.17, 15) is 43.2 Å². The summed E-state index contributed by atoms with van der Waals surface area (Å²) in [6, 6.07) is 0. The van der Waals surface area contributed by atoms with Crippen molar-refractivity contribution in [3.63, 3.8) is 0 Å². The maximum Gasteiger partial charge on any atom is 0.472 e. The summed E-state index contributed by atoms with van der Waals surface area (Å²) in [7, 11) is -9.88. The van der Waals surface area contributed by atoms with Gasteiger partial charge in [-0.05, 0) is 37.5 Å². The quantitative estimate of drug-likeness (QED) is 0.0222. The number of ether oxygens (including phenoxy) is 4. The fourth-order valence-corrected chi connectivity index (χ4v) is 10.5. The van der Waals surface area contributed by atoms with E-state index in [-0.39, 0.29) is 25.7 Å². The van der Waals surface area contributed by atoms with Crippen molar-refractivity contribution in [2.24, 2.45) is 11.8 Å². The van der Waals surface area contributed by atoms with Crippen molar-refractivity contribution in [3.8, 4) is 0 Å². The maximum absolute atomic E-state index is 12.9. The Hall–Kier alpha value is -1.94. The van der Waals surface area contributed by atoms with Crippen molar-refractivity contribution in [2.75, 3.05) is 39.6 Å². The minimum absolute atomic E-state index is 0.104. The van der Waals surface area contributed by atoms with Gasteiger partial charge in [0, 0.05) is 25.7 Å². The molecule has 3 N–H and O–H groups in total. The normalized spacial score (nSPS) is 14.7. The number of carbonyl (C=O) groups is 4. The predicted octanol–water partition coefficient (Wildman–Crippen LogP) is 16.5. The van der Waals surface area contributed by atoms with E-state index in [4.69, 9.17) is 37.0 Å². The highest BCUT2D eigenvalue weighted by Crippen LogP contribution is 2.45. The highest BCUT2D eigenvalue weighted by molar-refractivity contribution is 7.47. The second kappa shape index (κ2) is 53.8. The molecule has 0 aromatic rings. The standard InChI is InChI=1S/C61H118O17P2/c1-7-10-12-14-16-18-27-33-39-45-60(65)77-56(49-71-58(63)43-37-31-25-17-15-13-11-8-2)51-75-79(67,68)73-47-55(62)48-74-80(69,70)76-52-57(50-72-59(64)44-38-32-26-21-19-23-29-35-41-53(4)5)78-61(66)46-40-34-28-22-20-24-30-36-42-54(6)9-3/h53-57,62H,7-52H2,1-6H3,(H,67,68)(H,69,70)/t54?,55-,56+,57+/m0/s1. The van der Waals surface area contributed by atoms with E-state index in [1.165, 1.54) is 109 Å². The molecule has 3 unspecified atom stereocenters. The fraction of sp³-hybridized carbons (Fsp3) is 0.934. The molecule has 0 fully saturated rings. The van der Waals surface area contributed by atoms with Crippen LogP contribution in [0.25, 0.3) is 0 Å². The Labute approximate surface area is 486 Å². The Bertz CT molecular complexity index is 1580. The number of hydrogen-bond donors (Lipinski definition) is 3. The van der Waals surface area contributed by atoms with Crippen LogP contribution in [0.1, 0.15) is 298 Å². The number of hydrogen-bond acceptors (Lipinski definition) is 15. The van der Waals surface area contributed by atoms with Crippen molar-refractivity contribution in [3.05, 3.63) is 0 Å². The molecule has 17 nitrogen and oxygen atoms in total. The van der Waals surface area contributed by atoms with Crippen LogP contribution in [0.2, 0.25) is 0 Å². The summed E-state index contributed by atoms with van der Waals surface area (Å²) in [6.07, 6.45) is 34.8. The average Bonchev–Trinajstić information content (AvgIpc) is 3.42. The number of carbonyl (C=O) groups excluding carboxylic acids is 4.